The molecule has 1 unspecified atom stereocenters. The highest BCUT2D eigenvalue weighted by atomic mass is 32.2. The number of amides is 2. The Balaban J connectivity index is 1.78. The number of carbonyl (C=O) groups is 1. The van der Waals surface area contributed by atoms with Crippen molar-refractivity contribution in [1.82, 2.24) is 20.4 Å². The minimum atomic E-state index is -0.357. The first-order valence-corrected chi connectivity index (χ1v) is 11.5. The van der Waals surface area contributed by atoms with Crippen molar-refractivity contribution >= 4 is 23.4 Å². The van der Waals surface area contributed by atoms with Crippen molar-refractivity contribution in [2.45, 2.75) is 31.7 Å². The largest absolute Gasteiger partial charge is 0.334 e. The van der Waals surface area contributed by atoms with Crippen LogP contribution in [0.25, 0.3) is 17.0 Å². The molecular weight excluding hydrogens is 408 g/mol. The van der Waals surface area contributed by atoms with Crippen LogP contribution in [0.15, 0.2) is 69.7 Å². The molecule has 1 aliphatic rings. The van der Waals surface area contributed by atoms with Gasteiger partial charge in [-0.1, -0.05) is 49.3 Å². The first-order chi connectivity index (χ1) is 15.0. The zero-order valence-electron chi connectivity index (χ0n) is 18.1. The number of rotatable bonds is 6. The molecule has 6 nitrogen and oxygen atoms in total. The molecule has 1 N–H and O–H groups in total. The van der Waals surface area contributed by atoms with Crippen molar-refractivity contribution in [3.8, 4) is 11.4 Å². The van der Waals surface area contributed by atoms with Gasteiger partial charge in [0.2, 0.25) is 5.82 Å². The lowest BCUT2D eigenvalue weighted by Gasteiger charge is -2.36. The molecule has 2 aromatic carbocycles. The number of benzene rings is 2. The van der Waals surface area contributed by atoms with Crippen LogP contribution in [0.5, 0.6) is 0 Å². The second kappa shape index (κ2) is 8.98. The number of urea groups is 1. The van der Waals surface area contributed by atoms with Crippen molar-refractivity contribution in [3.63, 3.8) is 0 Å². The van der Waals surface area contributed by atoms with Gasteiger partial charge in [-0.2, -0.15) is 4.98 Å². The minimum absolute atomic E-state index is 0.115. The van der Waals surface area contributed by atoms with Gasteiger partial charge in [-0.25, -0.2) is 4.79 Å². The van der Waals surface area contributed by atoms with Crippen LogP contribution in [-0.4, -0.2) is 33.9 Å². The van der Waals surface area contributed by atoms with Crippen LogP contribution in [-0.2, 0) is 0 Å². The molecule has 1 atom stereocenters. The second-order valence-corrected chi connectivity index (χ2v) is 8.83. The standard InChI is InChI=1S/C24H26N4O2S/c1-15(2)14-28-16(3)20(21(25-24(28)29)17-8-6-5-7-9-17)23-26-22(27-30-23)18-10-12-19(31-4)13-11-18/h5-13,15,21H,14H2,1-4H3,(H,25,29). The lowest BCUT2D eigenvalue weighted by atomic mass is 9.94. The Bertz CT molecular complexity index is 1090. The topological polar surface area (TPSA) is 71.3 Å². The van der Waals surface area contributed by atoms with E-state index in [1.165, 1.54) is 4.90 Å². The lowest BCUT2D eigenvalue weighted by molar-refractivity contribution is 0.199. The molecule has 0 spiro atoms. The number of nitrogens with zero attached hydrogens (tertiary/aromatic N) is 3. The van der Waals surface area contributed by atoms with E-state index >= 15 is 0 Å². The fourth-order valence-corrected chi connectivity index (χ4v) is 4.14. The Morgan fingerprint density at radius 1 is 1.13 bits per heavy atom. The van der Waals surface area contributed by atoms with Crippen molar-refractivity contribution < 1.29 is 9.32 Å². The summed E-state index contributed by atoms with van der Waals surface area (Å²) in [5.74, 6) is 1.27. The number of allylic oxidation sites excluding steroid dienone is 1. The average Bonchev–Trinajstić information content (AvgIpc) is 3.26. The van der Waals surface area contributed by atoms with Gasteiger partial charge in [0.25, 0.3) is 5.89 Å². The summed E-state index contributed by atoms with van der Waals surface area (Å²) in [6.45, 7) is 6.74. The van der Waals surface area contributed by atoms with E-state index in [9.17, 15) is 4.79 Å². The third-order valence-corrected chi connectivity index (χ3v) is 6.03. The molecule has 2 amide bonds. The molecule has 0 saturated carbocycles. The highest BCUT2D eigenvalue weighted by Crippen LogP contribution is 2.37. The number of nitrogens with one attached hydrogen (secondary N) is 1. The number of aromatic nitrogens is 2. The molecule has 160 valence electrons. The van der Waals surface area contributed by atoms with Crippen LogP contribution in [0.2, 0.25) is 0 Å². The monoisotopic (exact) mass is 434 g/mol. The van der Waals surface area contributed by atoms with E-state index in [-0.39, 0.29) is 12.1 Å². The number of carbonyl (C=O) groups excluding carboxylic acids is 1. The first-order valence-electron chi connectivity index (χ1n) is 10.3. The maximum Gasteiger partial charge on any atom is 0.322 e. The van der Waals surface area contributed by atoms with Crippen molar-refractivity contribution in [1.29, 1.82) is 0 Å². The fraction of sp³-hybridized carbons (Fsp3) is 0.292. The molecule has 0 fully saturated rings. The van der Waals surface area contributed by atoms with E-state index in [4.69, 9.17) is 9.51 Å². The summed E-state index contributed by atoms with van der Waals surface area (Å²) in [7, 11) is 0. The molecule has 7 heteroatoms. The lowest BCUT2D eigenvalue weighted by Crippen LogP contribution is -2.47. The third-order valence-electron chi connectivity index (χ3n) is 5.28. The second-order valence-electron chi connectivity index (χ2n) is 7.95. The minimum Gasteiger partial charge on any atom is -0.334 e. The summed E-state index contributed by atoms with van der Waals surface area (Å²) in [6.07, 6.45) is 2.04. The van der Waals surface area contributed by atoms with Crippen LogP contribution in [0.1, 0.15) is 38.3 Å². The maximum atomic E-state index is 12.9. The molecule has 31 heavy (non-hydrogen) atoms. The molecule has 1 aliphatic heterocycles. The van der Waals surface area contributed by atoms with Gasteiger partial charge in [-0.05, 0) is 48.9 Å². The van der Waals surface area contributed by atoms with E-state index < -0.39 is 0 Å². The maximum absolute atomic E-state index is 12.9. The van der Waals surface area contributed by atoms with Crippen LogP contribution < -0.4 is 5.32 Å². The number of hydrogen-bond acceptors (Lipinski definition) is 5. The number of hydrogen-bond donors (Lipinski definition) is 1. The van der Waals surface area contributed by atoms with Gasteiger partial charge in [0.15, 0.2) is 0 Å². The predicted molar refractivity (Wildman–Crippen MR) is 123 cm³/mol. The Labute approximate surface area is 186 Å². The van der Waals surface area contributed by atoms with Gasteiger partial charge >= 0.3 is 6.03 Å². The number of thioether (sulfide) groups is 1. The first kappa shape index (κ1) is 21.2. The Morgan fingerprint density at radius 3 is 2.48 bits per heavy atom. The molecule has 1 aromatic heterocycles. The molecule has 4 rings (SSSR count). The van der Waals surface area contributed by atoms with E-state index in [1.54, 1.807) is 16.7 Å². The highest BCUT2D eigenvalue weighted by Gasteiger charge is 2.35. The SMILES string of the molecule is CSc1ccc(-c2noc(C3=C(C)N(CC(C)C)C(=O)NC3c3ccccc3)n2)cc1. The summed E-state index contributed by atoms with van der Waals surface area (Å²) in [5, 5.41) is 7.36. The zero-order valence-corrected chi connectivity index (χ0v) is 18.9. The van der Waals surface area contributed by atoms with E-state index in [0.29, 0.717) is 24.2 Å². The highest BCUT2D eigenvalue weighted by molar-refractivity contribution is 7.98. The summed E-state index contributed by atoms with van der Waals surface area (Å²) < 4.78 is 5.72. The molecule has 3 aromatic rings. The quantitative estimate of drug-likeness (QED) is 0.511. The molecule has 0 bridgehead atoms. The fourth-order valence-electron chi connectivity index (χ4n) is 3.73. The van der Waals surface area contributed by atoms with Gasteiger partial charge in [-0.3, -0.25) is 4.90 Å². The van der Waals surface area contributed by atoms with E-state index in [2.05, 4.69) is 24.3 Å². The van der Waals surface area contributed by atoms with E-state index in [1.807, 2.05) is 67.8 Å². The Kier molecular flexibility index (Phi) is 6.13. The smallest absolute Gasteiger partial charge is 0.322 e. The van der Waals surface area contributed by atoms with Gasteiger partial charge in [-0.15, -0.1) is 11.8 Å². The molecule has 0 saturated heterocycles. The van der Waals surface area contributed by atoms with Gasteiger partial charge in [0.05, 0.1) is 11.6 Å². The van der Waals surface area contributed by atoms with Crippen LogP contribution in [0.3, 0.4) is 0 Å². The summed E-state index contributed by atoms with van der Waals surface area (Å²) in [5.41, 5.74) is 3.52. The van der Waals surface area contributed by atoms with Crippen LogP contribution in [0, 0.1) is 5.92 Å². The average molecular weight is 435 g/mol. The van der Waals surface area contributed by atoms with Crippen molar-refractivity contribution in [2.24, 2.45) is 5.92 Å². The van der Waals surface area contributed by atoms with Crippen LogP contribution in [0.4, 0.5) is 4.79 Å². The van der Waals surface area contributed by atoms with Crippen molar-refractivity contribution in [3.05, 3.63) is 71.7 Å². The Hall–Kier alpha value is -3.06. The molecule has 2 heterocycles. The zero-order chi connectivity index (χ0) is 22.0. The normalized spacial score (nSPS) is 16.7. The summed E-state index contributed by atoms with van der Waals surface area (Å²) in [6, 6.07) is 17.5. The van der Waals surface area contributed by atoms with Gasteiger partial charge < -0.3 is 9.84 Å². The third kappa shape index (κ3) is 4.37. The molecule has 0 radical (unpaired) electrons. The molecule has 0 aliphatic carbocycles. The summed E-state index contributed by atoms with van der Waals surface area (Å²) in [4.78, 5) is 20.5. The van der Waals surface area contributed by atoms with Gasteiger partial charge in [0.1, 0.15) is 0 Å². The van der Waals surface area contributed by atoms with Crippen molar-refractivity contribution in [2.75, 3.05) is 12.8 Å². The van der Waals surface area contributed by atoms with E-state index in [0.717, 1.165) is 22.4 Å². The molecular formula is C24H26N4O2S. The predicted octanol–water partition coefficient (Wildman–Crippen LogP) is 5.61. The van der Waals surface area contributed by atoms with Crippen LogP contribution >= 0.6 is 11.8 Å². The Morgan fingerprint density at radius 2 is 1.84 bits per heavy atom. The van der Waals surface area contributed by atoms with Gasteiger partial charge in [0, 0.05) is 22.7 Å². The summed E-state index contributed by atoms with van der Waals surface area (Å²) >= 11 is 1.69.